The molecule has 0 bridgehead atoms. The van der Waals surface area contributed by atoms with Crippen molar-refractivity contribution >= 4 is 5.91 Å². The first-order valence-electron chi connectivity index (χ1n) is 5.44. The lowest BCUT2D eigenvalue weighted by atomic mass is 10.2. The quantitative estimate of drug-likeness (QED) is 0.776. The summed E-state index contributed by atoms with van der Waals surface area (Å²) < 4.78 is 12.7. The number of hydrogen-bond donors (Lipinski definition) is 0. The fraction of sp³-hybridized carbons (Fsp3) is 0.154. The molecule has 0 radical (unpaired) electrons. The van der Waals surface area contributed by atoms with Gasteiger partial charge in [-0.3, -0.25) is 9.78 Å². The third-order valence-electron chi connectivity index (χ3n) is 2.45. The van der Waals surface area contributed by atoms with Gasteiger partial charge in [-0.15, -0.1) is 0 Å². The highest BCUT2D eigenvalue weighted by atomic mass is 19.1. The van der Waals surface area contributed by atoms with Gasteiger partial charge in [0.2, 0.25) is 5.95 Å². The van der Waals surface area contributed by atoms with Gasteiger partial charge in [0.25, 0.3) is 5.91 Å². The van der Waals surface area contributed by atoms with Gasteiger partial charge in [-0.1, -0.05) is 6.07 Å². The predicted molar refractivity (Wildman–Crippen MR) is 64.2 cm³/mol. The minimum Gasteiger partial charge on any atom is -0.336 e. The molecule has 0 saturated heterocycles. The van der Waals surface area contributed by atoms with Crippen molar-refractivity contribution in [2.45, 2.75) is 6.54 Å². The van der Waals surface area contributed by atoms with Gasteiger partial charge in [0.05, 0.1) is 17.8 Å². The third kappa shape index (κ3) is 2.88. The molecule has 0 N–H and O–H groups in total. The first kappa shape index (κ1) is 12.2. The second-order valence-corrected chi connectivity index (χ2v) is 3.85. The highest BCUT2D eigenvalue weighted by molar-refractivity contribution is 5.93. The molecule has 0 saturated carbocycles. The van der Waals surface area contributed by atoms with Crippen molar-refractivity contribution in [3.63, 3.8) is 0 Å². The summed E-state index contributed by atoms with van der Waals surface area (Å²) >= 11 is 0. The fourth-order valence-corrected chi connectivity index (χ4v) is 1.53. The first-order chi connectivity index (χ1) is 8.66. The van der Waals surface area contributed by atoms with Crippen molar-refractivity contribution in [2.75, 3.05) is 7.05 Å². The Labute approximate surface area is 104 Å². The van der Waals surface area contributed by atoms with Crippen LogP contribution in [0.15, 0.2) is 42.7 Å². The zero-order valence-corrected chi connectivity index (χ0v) is 9.88. The Morgan fingerprint density at radius 3 is 2.72 bits per heavy atom. The molecule has 0 aliphatic rings. The lowest BCUT2D eigenvalue weighted by Crippen LogP contribution is -2.26. The number of halogens is 1. The summed E-state index contributed by atoms with van der Waals surface area (Å²) in [6, 6.07) is 8.10. The molecule has 2 rings (SSSR count). The normalized spacial score (nSPS) is 10.1. The number of hydrogen-bond acceptors (Lipinski definition) is 3. The van der Waals surface area contributed by atoms with E-state index < -0.39 is 5.95 Å². The number of amides is 1. The molecule has 0 fully saturated rings. The molecule has 0 unspecified atom stereocenters. The van der Waals surface area contributed by atoms with Gasteiger partial charge in [-0.05, 0) is 24.3 Å². The predicted octanol–water partition coefficient (Wildman–Crippen LogP) is 1.89. The molecule has 0 aromatic carbocycles. The van der Waals surface area contributed by atoms with Crippen LogP contribution in [0.1, 0.15) is 16.1 Å². The first-order valence-corrected chi connectivity index (χ1v) is 5.44. The number of rotatable bonds is 3. The van der Waals surface area contributed by atoms with Gasteiger partial charge in [-0.2, -0.15) is 4.39 Å². The minimum absolute atomic E-state index is 0.215. The Balaban J connectivity index is 2.07. The van der Waals surface area contributed by atoms with Crippen LogP contribution in [0.5, 0.6) is 0 Å². The van der Waals surface area contributed by atoms with E-state index >= 15 is 0 Å². The van der Waals surface area contributed by atoms with Gasteiger partial charge in [0, 0.05) is 19.4 Å². The smallest absolute Gasteiger partial charge is 0.255 e. The van der Waals surface area contributed by atoms with E-state index in [-0.39, 0.29) is 5.91 Å². The number of carbonyl (C=O) groups excluding carboxylic acids is 1. The molecule has 0 spiro atoms. The lowest BCUT2D eigenvalue weighted by Gasteiger charge is -2.16. The van der Waals surface area contributed by atoms with Gasteiger partial charge in [0.1, 0.15) is 0 Å². The fourth-order valence-electron chi connectivity index (χ4n) is 1.53. The molecule has 18 heavy (non-hydrogen) atoms. The van der Waals surface area contributed by atoms with Crippen LogP contribution in [0.25, 0.3) is 0 Å². The molecule has 1 amide bonds. The highest BCUT2D eigenvalue weighted by Gasteiger charge is 2.12. The molecule has 2 aromatic rings. The Bertz CT molecular complexity index is 528. The molecule has 5 heteroatoms. The van der Waals surface area contributed by atoms with Crippen LogP contribution < -0.4 is 0 Å². The van der Waals surface area contributed by atoms with Gasteiger partial charge < -0.3 is 4.90 Å². The molecule has 0 atom stereocenters. The van der Waals surface area contributed by atoms with Crippen LogP contribution >= 0.6 is 0 Å². The Kier molecular flexibility index (Phi) is 3.62. The maximum atomic E-state index is 12.7. The summed E-state index contributed by atoms with van der Waals surface area (Å²) in [4.78, 5) is 21.1. The maximum absolute atomic E-state index is 12.7. The Morgan fingerprint density at radius 2 is 2.11 bits per heavy atom. The van der Waals surface area contributed by atoms with Crippen molar-refractivity contribution in [2.24, 2.45) is 0 Å². The summed E-state index contributed by atoms with van der Waals surface area (Å²) in [5.41, 5.74) is 1.15. The second-order valence-electron chi connectivity index (χ2n) is 3.85. The standard InChI is InChI=1S/C13H12FN3O/c1-17(9-11-4-2-3-7-15-11)13(18)10-5-6-12(14)16-8-10/h2-8H,9H2,1H3. The number of pyridine rings is 2. The van der Waals surface area contributed by atoms with Crippen LogP contribution in [-0.4, -0.2) is 27.8 Å². The number of aromatic nitrogens is 2. The number of carbonyl (C=O) groups is 1. The van der Waals surface area contributed by atoms with E-state index in [9.17, 15) is 9.18 Å². The van der Waals surface area contributed by atoms with Crippen LogP contribution in [0.3, 0.4) is 0 Å². The largest absolute Gasteiger partial charge is 0.336 e. The molecule has 2 aromatic heterocycles. The summed E-state index contributed by atoms with van der Waals surface area (Å²) in [6.07, 6.45) is 2.90. The van der Waals surface area contributed by atoms with E-state index in [0.717, 1.165) is 5.69 Å². The van der Waals surface area contributed by atoms with Crippen molar-refractivity contribution in [3.8, 4) is 0 Å². The highest BCUT2D eigenvalue weighted by Crippen LogP contribution is 2.06. The average Bonchev–Trinajstić information content (AvgIpc) is 2.40. The van der Waals surface area contributed by atoms with Crippen LogP contribution in [0.4, 0.5) is 4.39 Å². The van der Waals surface area contributed by atoms with Crippen LogP contribution in [0.2, 0.25) is 0 Å². The summed E-state index contributed by atoms with van der Waals surface area (Å²) in [7, 11) is 1.67. The van der Waals surface area contributed by atoms with Crippen molar-refractivity contribution in [3.05, 3.63) is 59.9 Å². The second kappa shape index (κ2) is 5.35. The minimum atomic E-state index is -0.598. The Hall–Kier alpha value is -2.30. The molecule has 92 valence electrons. The lowest BCUT2D eigenvalue weighted by molar-refractivity contribution is 0.0783. The summed E-state index contributed by atoms with van der Waals surface area (Å²) in [6.45, 7) is 0.400. The van der Waals surface area contributed by atoms with E-state index in [1.807, 2.05) is 18.2 Å². The Morgan fingerprint density at radius 1 is 1.28 bits per heavy atom. The topological polar surface area (TPSA) is 46.1 Å². The average molecular weight is 245 g/mol. The SMILES string of the molecule is CN(Cc1ccccn1)C(=O)c1ccc(F)nc1. The van der Waals surface area contributed by atoms with Crippen LogP contribution in [0, 0.1) is 5.95 Å². The third-order valence-corrected chi connectivity index (χ3v) is 2.45. The molecule has 2 heterocycles. The summed E-state index contributed by atoms with van der Waals surface area (Å²) in [5, 5.41) is 0. The monoisotopic (exact) mass is 245 g/mol. The van der Waals surface area contributed by atoms with Gasteiger partial charge in [0.15, 0.2) is 0 Å². The molecular formula is C13H12FN3O. The van der Waals surface area contributed by atoms with E-state index in [1.165, 1.54) is 23.2 Å². The maximum Gasteiger partial charge on any atom is 0.255 e. The molecule has 4 nitrogen and oxygen atoms in total. The van der Waals surface area contributed by atoms with Crippen molar-refractivity contribution < 1.29 is 9.18 Å². The van der Waals surface area contributed by atoms with E-state index in [0.29, 0.717) is 12.1 Å². The van der Waals surface area contributed by atoms with E-state index in [1.54, 1.807) is 13.2 Å². The van der Waals surface area contributed by atoms with E-state index in [2.05, 4.69) is 9.97 Å². The van der Waals surface area contributed by atoms with Crippen molar-refractivity contribution in [1.82, 2.24) is 14.9 Å². The van der Waals surface area contributed by atoms with Crippen molar-refractivity contribution in [1.29, 1.82) is 0 Å². The zero-order valence-electron chi connectivity index (χ0n) is 9.88. The van der Waals surface area contributed by atoms with Gasteiger partial charge in [-0.25, -0.2) is 4.98 Å². The summed E-state index contributed by atoms with van der Waals surface area (Å²) in [5.74, 6) is -0.813. The zero-order chi connectivity index (χ0) is 13.0. The van der Waals surface area contributed by atoms with Gasteiger partial charge >= 0.3 is 0 Å². The molecule has 0 aliphatic heterocycles. The molecule has 0 aliphatic carbocycles. The van der Waals surface area contributed by atoms with E-state index in [4.69, 9.17) is 0 Å². The number of nitrogens with zero attached hydrogens (tertiary/aromatic N) is 3. The molecular weight excluding hydrogens is 233 g/mol. The van der Waals surface area contributed by atoms with Crippen LogP contribution in [-0.2, 0) is 6.54 Å².